The van der Waals surface area contributed by atoms with Gasteiger partial charge in [0.2, 0.25) is 0 Å². The van der Waals surface area contributed by atoms with Gasteiger partial charge in [-0.05, 0) is 46.2 Å². The molecular formula is C19H29NO6. The number of hydrogen-bond donors (Lipinski definition) is 1. The number of carbonyl (C=O) groups excluding carboxylic acids is 1. The summed E-state index contributed by atoms with van der Waals surface area (Å²) in [6.45, 7) is 8.42. The van der Waals surface area contributed by atoms with Gasteiger partial charge >= 0.3 is 12.1 Å². The summed E-state index contributed by atoms with van der Waals surface area (Å²) in [5, 5.41) is 8.72. The fraction of sp³-hybridized carbons (Fsp3) is 0.579. The van der Waals surface area contributed by atoms with Gasteiger partial charge in [-0.15, -0.1) is 0 Å². The second-order valence-corrected chi connectivity index (χ2v) is 6.81. The quantitative estimate of drug-likeness (QED) is 0.670. The van der Waals surface area contributed by atoms with Crippen LogP contribution in [0.3, 0.4) is 0 Å². The van der Waals surface area contributed by atoms with E-state index in [2.05, 4.69) is 0 Å². The van der Waals surface area contributed by atoms with Gasteiger partial charge in [-0.3, -0.25) is 4.79 Å². The summed E-state index contributed by atoms with van der Waals surface area (Å²) in [5.41, 5.74) is 0.231. The van der Waals surface area contributed by atoms with Crippen LogP contribution in [0.15, 0.2) is 18.2 Å². The molecule has 0 heterocycles. The first-order chi connectivity index (χ1) is 12.2. The number of carbonyl (C=O) groups is 2. The normalized spacial score (nSPS) is 11.0. The Morgan fingerprint density at radius 1 is 1.23 bits per heavy atom. The highest BCUT2D eigenvalue weighted by Crippen LogP contribution is 2.27. The molecule has 1 aromatic carbocycles. The zero-order valence-corrected chi connectivity index (χ0v) is 16.2. The maximum atomic E-state index is 12.3. The van der Waals surface area contributed by atoms with Gasteiger partial charge in [0.05, 0.1) is 20.3 Å². The molecule has 0 bridgehead atoms. The first-order valence-corrected chi connectivity index (χ1v) is 8.65. The molecule has 1 aromatic rings. The third-order valence-corrected chi connectivity index (χ3v) is 3.46. The summed E-state index contributed by atoms with van der Waals surface area (Å²) in [6.07, 6.45) is 0.0426. The fourth-order valence-corrected chi connectivity index (χ4v) is 2.17. The van der Waals surface area contributed by atoms with Crippen LogP contribution in [0.1, 0.15) is 46.1 Å². The Bertz CT molecular complexity index is 609. The molecule has 0 saturated carbocycles. The van der Waals surface area contributed by atoms with Crippen molar-refractivity contribution in [3.8, 4) is 11.5 Å². The van der Waals surface area contributed by atoms with Gasteiger partial charge in [0, 0.05) is 24.6 Å². The molecule has 0 aliphatic carbocycles. The number of methoxy groups -OCH3 is 1. The Labute approximate surface area is 154 Å². The zero-order chi connectivity index (χ0) is 19.7. The van der Waals surface area contributed by atoms with Crippen molar-refractivity contribution < 1.29 is 28.9 Å². The Morgan fingerprint density at radius 2 is 1.92 bits per heavy atom. The van der Waals surface area contributed by atoms with Gasteiger partial charge in [-0.1, -0.05) is 0 Å². The van der Waals surface area contributed by atoms with Crippen LogP contribution in [0.2, 0.25) is 0 Å². The van der Waals surface area contributed by atoms with Crippen LogP contribution in [0, 0.1) is 0 Å². The van der Waals surface area contributed by atoms with E-state index in [1.807, 2.05) is 33.8 Å². The van der Waals surface area contributed by atoms with E-state index in [0.29, 0.717) is 31.0 Å². The van der Waals surface area contributed by atoms with Crippen molar-refractivity contribution >= 4 is 12.1 Å². The highest BCUT2D eigenvalue weighted by Gasteiger charge is 2.22. The van der Waals surface area contributed by atoms with E-state index in [1.165, 1.54) is 0 Å². The van der Waals surface area contributed by atoms with Crippen molar-refractivity contribution in [2.75, 3.05) is 20.3 Å². The fourth-order valence-electron chi connectivity index (χ4n) is 2.17. The molecule has 0 radical (unpaired) electrons. The molecule has 1 rings (SSSR count). The standard InChI is InChI=1S/C19H29NO6/c1-6-20(18(23)26-19(2,3)4)13-14-9-10-15(24-5)12-16(14)25-11-7-8-17(21)22/h9-10,12H,6-8,11,13H2,1-5H3,(H,21,22). The number of hydrogen-bond acceptors (Lipinski definition) is 5. The predicted molar refractivity (Wildman–Crippen MR) is 97.7 cm³/mol. The molecule has 0 spiro atoms. The molecule has 26 heavy (non-hydrogen) atoms. The SMILES string of the molecule is CCN(Cc1ccc(OC)cc1OCCCC(=O)O)C(=O)OC(C)(C)C. The molecule has 0 aliphatic rings. The van der Waals surface area contributed by atoms with E-state index in [-0.39, 0.29) is 13.0 Å². The summed E-state index contributed by atoms with van der Waals surface area (Å²) in [7, 11) is 1.56. The topological polar surface area (TPSA) is 85.3 Å². The molecule has 0 saturated heterocycles. The summed E-state index contributed by atoms with van der Waals surface area (Å²) in [4.78, 5) is 24.5. The zero-order valence-electron chi connectivity index (χ0n) is 16.2. The van der Waals surface area contributed by atoms with E-state index in [1.54, 1.807) is 24.1 Å². The van der Waals surface area contributed by atoms with E-state index < -0.39 is 17.7 Å². The largest absolute Gasteiger partial charge is 0.497 e. The summed E-state index contributed by atoms with van der Waals surface area (Å²) >= 11 is 0. The summed E-state index contributed by atoms with van der Waals surface area (Å²) in [6, 6.07) is 5.36. The second kappa shape index (κ2) is 9.89. The number of amides is 1. The Kier molecular flexibility index (Phi) is 8.22. The number of rotatable bonds is 9. The van der Waals surface area contributed by atoms with Gasteiger partial charge in [0.1, 0.15) is 17.1 Å². The van der Waals surface area contributed by atoms with E-state index in [4.69, 9.17) is 19.3 Å². The average Bonchev–Trinajstić information content (AvgIpc) is 2.55. The van der Waals surface area contributed by atoms with Crippen LogP contribution in [0.4, 0.5) is 4.79 Å². The van der Waals surface area contributed by atoms with Crippen molar-refractivity contribution in [2.24, 2.45) is 0 Å². The van der Waals surface area contributed by atoms with Crippen molar-refractivity contribution in [3.63, 3.8) is 0 Å². The molecule has 0 aliphatic heterocycles. The second-order valence-electron chi connectivity index (χ2n) is 6.81. The molecule has 146 valence electrons. The van der Waals surface area contributed by atoms with E-state index in [9.17, 15) is 9.59 Å². The first kappa shape index (κ1) is 21.6. The highest BCUT2D eigenvalue weighted by molar-refractivity contribution is 5.68. The lowest BCUT2D eigenvalue weighted by atomic mass is 10.1. The van der Waals surface area contributed by atoms with Crippen LogP contribution in [-0.4, -0.2) is 47.9 Å². The number of nitrogens with zero attached hydrogens (tertiary/aromatic N) is 1. The molecule has 0 unspecified atom stereocenters. The highest BCUT2D eigenvalue weighted by atomic mass is 16.6. The van der Waals surface area contributed by atoms with Crippen LogP contribution >= 0.6 is 0 Å². The minimum Gasteiger partial charge on any atom is -0.497 e. The first-order valence-electron chi connectivity index (χ1n) is 8.65. The third-order valence-electron chi connectivity index (χ3n) is 3.46. The molecule has 0 atom stereocenters. The van der Waals surface area contributed by atoms with Crippen molar-refractivity contribution in [3.05, 3.63) is 23.8 Å². The van der Waals surface area contributed by atoms with Crippen LogP contribution in [0.25, 0.3) is 0 Å². The molecule has 7 heteroatoms. The van der Waals surface area contributed by atoms with E-state index in [0.717, 1.165) is 5.56 Å². The van der Waals surface area contributed by atoms with Crippen LogP contribution < -0.4 is 9.47 Å². The third kappa shape index (κ3) is 7.63. The van der Waals surface area contributed by atoms with Crippen LogP contribution in [-0.2, 0) is 16.1 Å². The molecule has 1 amide bonds. The van der Waals surface area contributed by atoms with Gasteiger partial charge in [0.15, 0.2) is 0 Å². The minimum atomic E-state index is -0.860. The molecule has 0 fully saturated rings. The van der Waals surface area contributed by atoms with Gasteiger partial charge < -0.3 is 24.2 Å². The monoisotopic (exact) mass is 367 g/mol. The Morgan fingerprint density at radius 3 is 2.46 bits per heavy atom. The number of carboxylic acid groups (broad SMARTS) is 1. The maximum absolute atomic E-state index is 12.3. The predicted octanol–water partition coefficient (Wildman–Crippen LogP) is 3.70. The lowest BCUT2D eigenvalue weighted by Gasteiger charge is -2.27. The van der Waals surface area contributed by atoms with Gasteiger partial charge in [-0.25, -0.2) is 4.79 Å². The van der Waals surface area contributed by atoms with Crippen molar-refractivity contribution in [2.45, 2.75) is 52.7 Å². The lowest BCUT2D eigenvalue weighted by molar-refractivity contribution is -0.137. The summed E-state index contributed by atoms with van der Waals surface area (Å²) < 4.78 is 16.4. The Hall–Kier alpha value is -2.44. The smallest absolute Gasteiger partial charge is 0.410 e. The Balaban J connectivity index is 2.87. The minimum absolute atomic E-state index is 0.0400. The van der Waals surface area contributed by atoms with Crippen molar-refractivity contribution in [1.82, 2.24) is 4.90 Å². The molecular weight excluding hydrogens is 338 g/mol. The van der Waals surface area contributed by atoms with Crippen molar-refractivity contribution in [1.29, 1.82) is 0 Å². The number of ether oxygens (including phenoxy) is 3. The molecule has 0 aromatic heterocycles. The number of benzene rings is 1. The number of carboxylic acids is 1. The molecule has 1 N–H and O–H groups in total. The van der Waals surface area contributed by atoms with Crippen LogP contribution in [0.5, 0.6) is 11.5 Å². The summed E-state index contributed by atoms with van der Waals surface area (Å²) in [5.74, 6) is 0.334. The molecule has 7 nitrogen and oxygen atoms in total. The average molecular weight is 367 g/mol. The maximum Gasteiger partial charge on any atom is 0.410 e. The number of aliphatic carboxylic acids is 1. The lowest BCUT2D eigenvalue weighted by Crippen LogP contribution is -2.36. The van der Waals surface area contributed by atoms with Gasteiger partial charge in [0.25, 0.3) is 0 Å². The van der Waals surface area contributed by atoms with E-state index >= 15 is 0 Å². The van der Waals surface area contributed by atoms with Gasteiger partial charge in [-0.2, -0.15) is 0 Å².